The van der Waals surface area contributed by atoms with Crippen molar-refractivity contribution in [3.8, 4) is 0 Å². The minimum absolute atomic E-state index is 0.932. The molecule has 1 aliphatic carbocycles. The third-order valence-corrected chi connectivity index (χ3v) is 3.29. The summed E-state index contributed by atoms with van der Waals surface area (Å²) in [5.41, 5.74) is 2.75. The van der Waals surface area contributed by atoms with E-state index in [2.05, 4.69) is 48.0 Å². The number of para-hydroxylation sites is 1. The Labute approximate surface area is 90.4 Å². The largest absolute Gasteiger partial charge is 0.212 e. The highest BCUT2D eigenvalue weighted by Gasteiger charge is 2.26. The van der Waals surface area contributed by atoms with E-state index in [4.69, 9.17) is 0 Å². The van der Waals surface area contributed by atoms with Crippen LogP contribution >= 0.6 is 0 Å². The van der Waals surface area contributed by atoms with Crippen LogP contribution in [0.5, 0.6) is 0 Å². The summed E-state index contributed by atoms with van der Waals surface area (Å²) in [6.07, 6.45) is 5.06. The number of fused-ring (bicyclic) bond motifs is 1. The van der Waals surface area contributed by atoms with E-state index in [-0.39, 0.29) is 0 Å². The van der Waals surface area contributed by atoms with Crippen molar-refractivity contribution in [2.75, 3.05) is 0 Å². The smallest absolute Gasteiger partial charge is 0.198 e. The lowest BCUT2D eigenvalue weighted by Gasteiger charge is -2.02. The molecule has 1 fully saturated rings. The summed E-state index contributed by atoms with van der Waals surface area (Å²) in [5, 5.41) is 1.39. The number of pyridine rings is 1. The molecule has 1 nitrogen and oxygen atoms in total. The molecule has 0 unspecified atom stereocenters. The summed E-state index contributed by atoms with van der Waals surface area (Å²) in [7, 11) is 0. The Morgan fingerprint density at radius 3 is 2.80 bits per heavy atom. The summed E-state index contributed by atoms with van der Waals surface area (Å²) >= 11 is 0. The van der Waals surface area contributed by atoms with Crippen LogP contribution in [0.4, 0.5) is 0 Å². The topological polar surface area (TPSA) is 3.88 Å². The van der Waals surface area contributed by atoms with Crippen LogP contribution in [0.1, 0.15) is 18.4 Å². The van der Waals surface area contributed by atoms with Crippen LogP contribution in [0, 0.1) is 12.8 Å². The zero-order chi connectivity index (χ0) is 10.3. The number of aryl methyl sites for hydroxylation is 1. The number of benzene rings is 1. The van der Waals surface area contributed by atoms with Gasteiger partial charge in [0.2, 0.25) is 5.52 Å². The number of hydrogen-bond donors (Lipinski definition) is 0. The highest BCUT2D eigenvalue weighted by molar-refractivity contribution is 5.78. The molecule has 1 heterocycles. The zero-order valence-electron chi connectivity index (χ0n) is 9.11. The molecule has 0 spiro atoms. The van der Waals surface area contributed by atoms with Crippen molar-refractivity contribution in [3.63, 3.8) is 0 Å². The van der Waals surface area contributed by atoms with Gasteiger partial charge in [0.1, 0.15) is 0 Å². The van der Waals surface area contributed by atoms with Gasteiger partial charge in [-0.05, 0) is 31.4 Å². The molecule has 0 N–H and O–H groups in total. The van der Waals surface area contributed by atoms with Crippen LogP contribution in [0.2, 0.25) is 0 Å². The first-order valence-electron chi connectivity index (χ1n) is 5.72. The van der Waals surface area contributed by atoms with Crippen LogP contribution in [0.25, 0.3) is 10.9 Å². The maximum Gasteiger partial charge on any atom is 0.212 e. The van der Waals surface area contributed by atoms with Gasteiger partial charge in [0, 0.05) is 23.4 Å². The lowest BCUT2D eigenvalue weighted by molar-refractivity contribution is -0.674. The predicted molar refractivity (Wildman–Crippen MR) is 61.6 cm³/mol. The molecular weight excluding hydrogens is 182 g/mol. The van der Waals surface area contributed by atoms with Crippen molar-refractivity contribution < 1.29 is 4.57 Å². The Bertz CT molecular complexity index is 498. The fraction of sp³-hybridized carbons (Fsp3) is 0.357. The second-order valence-electron chi connectivity index (χ2n) is 4.61. The van der Waals surface area contributed by atoms with Gasteiger partial charge < -0.3 is 0 Å². The summed E-state index contributed by atoms with van der Waals surface area (Å²) in [6, 6.07) is 10.9. The van der Waals surface area contributed by atoms with E-state index in [9.17, 15) is 0 Å². The van der Waals surface area contributed by atoms with E-state index in [1.807, 2.05) is 0 Å². The Morgan fingerprint density at radius 1 is 1.20 bits per heavy atom. The average molecular weight is 198 g/mol. The number of aromatic nitrogens is 1. The lowest BCUT2D eigenvalue weighted by Crippen LogP contribution is -2.35. The average Bonchev–Trinajstić information content (AvgIpc) is 3.07. The highest BCUT2D eigenvalue weighted by atomic mass is 15.0. The van der Waals surface area contributed by atoms with Gasteiger partial charge in [0.25, 0.3) is 0 Å². The lowest BCUT2D eigenvalue weighted by atomic mass is 10.1. The summed E-state index contributed by atoms with van der Waals surface area (Å²) in [5.74, 6) is 0.932. The zero-order valence-corrected chi connectivity index (χ0v) is 9.11. The van der Waals surface area contributed by atoms with E-state index in [1.54, 1.807) is 0 Å². The van der Waals surface area contributed by atoms with Gasteiger partial charge in [-0.3, -0.25) is 0 Å². The molecule has 0 bridgehead atoms. The second kappa shape index (κ2) is 3.34. The molecule has 1 heteroatoms. The molecule has 0 aliphatic heterocycles. The Kier molecular flexibility index (Phi) is 1.98. The SMILES string of the molecule is Cc1cc[n+](CC2CC2)c2ccccc12. The Hall–Kier alpha value is -1.37. The first-order chi connectivity index (χ1) is 7.34. The van der Waals surface area contributed by atoms with E-state index in [0.717, 1.165) is 5.92 Å². The van der Waals surface area contributed by atoms with Gasteiger partial charge in [0.05, 0.1) is 0 Å². The van der Waals surface area contributed by atoms with Crippen molar-refractivity contribution in [2.45, 2.75) is 26.3 Å². The number of nitrogens with zero attached hydrogens (tertiary/aromatic N) is 1. The quantitative estimate of drug-likeness (QED) is 0.653. The second-order valence-corrected chi connectivity index (χ2v) is 4.61. The molecular formula is C14H16N+. The highest BCUT2D eigenvalue weighted by Crippen LogP contribution is 2.29. The van der Waals surface area contributed by atoms with E-state index >= 15 is 0 Å². The summed E-state index contributed by atoms with van der Waals surface area (Å²) in [4.78, 5) is 0. The van der Waals surface area contributed by atoms with Gasteiger partial charge in [-0.2, -0.15) is 4.57 Å². The standard InChI is InChI=1S/C14H16N/c1-11-8-9-15(10-12-6-7-12)14-5-3-2-4-13(11)14/h2-5,8-9,12H,6-7,10H2,1H3/q+1. The number of hydrogen-bond acceptors (Lipinski definition) is 0. The van der Waals surface area contributed by atoms with Crippen molar-refractivity contribution in [3.05, 3.63) is 42.1 Å². The van der Waals surface area contributed by atoms with Crippen LogP contribution < -0.4 is 4.57 Å². The van der Waals surface area contributed by atoms with Crippen LogP contribution in [-0.2, 0) is 6.54 Å². The molecule has 1 aliphatic rings. The Morgan fingerprint density at radius 2 is 2.00 bits per heavy atom. The van der Waals surface area contributed by atoms with Gasteiger partial charge in [-0.1, -0.05) is 12.1 Å². The molecule has 0 atom stereocenters. The number of rotatable bonds is 2. The predicted octanol–water partition coefficient (Wildman–Crippen LogP) is 2.85. The molecule has 1 aromatic carbocycles. The van der Waals surface area contributed by atoms with Crippen LogP contribution in [-0.4, -0.2) is 0 Å². The molecule has 3 rings (SSSR count). The van der Waals surface area contributed by atoms with Crippen LogP contribution in [0.15, 0.2) is 36.5 Å². The molecule has 15 heavy (non-hydrogen) atoms. The molecule has 2 aromatic rings. The monoisotopic (exact) mass is 198 g/mol. The van der Waals surface area contributed by atoms with Crippen molar-refractivity contribution in [1.82, 2.24) is 0 Å². The summed E-state index contributed by atoms with van der Waals surface area (Å²) in [6.45, 7) is 3.38. The van der Waals surface area contributed by atoms with Crippen molar-refractivity contribution >= 4 is 10.9 Å². The molecule has 1 aromatic heterocycles. The Balaban J connectivity index is 2.16. The normalized spacial score (nSPS) is 15.8. The maximum absolute atomic E-state index is 2.40. The summed E-state index contributed by atoms with van der Waals surface area (Å²) < 4.78 is 2.40. The van der Waals surface area contributed by atoms with Gasteiger partial charge in [-0.15, -0.1) is 0 Å². The van der Waals surface area contributed by atoms with Crippen LogP contribution in [0.3, 0.4) is 0 Å². The van der Waals surface area contributed by atoms with Gasteiger partial charge >= 0.3 is 0 Å². The minimum Gasteiger partial charge on any atom is -0.198 e. The van der Waals surface area contributed by atoms with Crippen molar-refractivity contribution in [1.29, 1.82) is 0 Å². The molecule has 0 saturated heterocycles. The maximum atomic E-state index is 2.40. The fourth-order valence-electron chi connectivity index (χ4n) is 2.17. The first kappa shape index (κ1) is 8.90. The van der Waals surface area contributed by atoms with Gasteiger partial charge in [0.15, 0.2) is 12.7 Å². The van der Waals surface area contributed by atoms with E-state index in [0.29, 0.717) is 0 Å². The van der Waals surface area contributed by atoms with E-state index < -0.39 is 0 Å². The third-order valence-electron chi connectivity index (χ3n) is 3.29. The first-order valence-corrected chi connectivity index (χ1v) is 5.72. The van der Waals surface area contributed by atoms with E-state index in [1.165, 1.54) is 35.9 Å². The molecule has 1 saturated carbocycles. The van der Waals surface area contributed by atoms with Gasteiger partial charge in [-0.25, -0.2) is 0 Å². The minimum atomic E-state index is 0.932. The fourth-order valence-corrected chi connectivity index (χ4v) is 2.17. The van der Waals surface area contributed by atoms with Crippen molar-refractivity contribution in [2.24, 2.45) is 5.92 Å². The molecule has 0 radical (unpaired) electrons. The molecule has 0 amide bonds. The third kappa shape index (κ3) is 1.63. The molecule has 76 valence electrons.